The normalized spacial score (nSPS) is 19.3. The van der Waals surface area contributed by atoms with Crippen LogP contribution in [0.1, 0.15) is 25.3 Å². The Balaban J connectivity index is 1.21. The van der Waals surface area contributed by atoms with Gasteiger partial charge in [-0.1, -0.05) is 0 Å². The van der Waals surface area contributed by atoms with Crippen LogP contribution in [0.4, 0.5) is 23.1 Å². The minimum atomic E-state index is 0.578. The number of fused-ring (bicyclic) bond motifs is 2. The third-order valence-electron chi connectivity index (χ3n) is 6.97. The Kier molecular flexibility index (Phi) is 7.11. The van der Waals surface area contributed by atoms with Gasteiger partial charge in [-0.3, -0.25) is 4.90 Å². The SMILES string of the molecule is CCOCCCNc1ccc(-c2ccnc(Nc3ccc(N4CC5CC4CN5C)c(C)c3)n2)cn1. The van der Waals surface area contributed by atoms with Crippen LogP contribution >= 0.6 is 0 Å². The average molecular weight is 474 g/mol. The van der Waals surface area contributed by atoms with Crippen LogP contribution in [-0.2, 0) is 4.74 Å². The molecule has 2 aromatic heterocycles. The van der Waals surface area contributed by atoms with Crippen LogP contribution in [0.15, 0.2) is 48.8 Å². The smallest absolute Gasteiger partial charge is 0.227 e. The van der Waals surface area contributed by atoms with E-state index in [2.05, 4.69) is 62.6 Å². The minimum absolute atomic E-state index is 0.578. The number of nitrogens with zero attached hydrogens (tertiary/aromatic N) is 5. The van der Waals surface area contributed by atoms with Crippen LogP contribution in [0.3, 0.4) is 0 Å². The summed E-state index contributed by atoms with van der Waals surface area (Å²) in [5.74, 6) is 1.43. The van der Waals surface area contributed by atoms with Crippen molar-refractivity contribution in [3.8, 4) is 11.3 Å². The number of pyridine rings is 1. The van der Waals surface area contributed by atoms with Gasteiger partial charge in [-0.05, 0) is 75.7 Å². The van der Waals surface area contributed by atoms with E-state index < -0.39 is 0 Å². The summed E-state index contributed by atoms with van der Waals surface area (Å²) in [6.07, 6.45) is 5.85. The van der Waals surface area contributed by atoms with E-state index in [1.54, 1.807) is 6.20 Å². The summed E-state index contributed by atoms with van der Waals surface area (Å²) in [6, 6.07) is 13.8. The van der Waals surface area contributed by atoms with Crippen molar-refractivity contribution in [1.29, 1.82) is 0 Å². The first kappa shape index (κ1) is 23.5. The highest BCUT2D eigenvalue weighted by molar-refractivity contribution is 5.66. The summed E-state index contributed by atoms with van der Waals surface area (Å²) in [7, 11) is 2.24. The van der Waals surface area contributed by atoms with Crippen LogP contribution < -0.4 is 15.5 Å². The number of piperazine rings is 1. The van der Waals surface area contributed by atoms with E-state index in [0.717, 1.165) is 62.0 Å². The van der Waals surface area contributed by atoms with Gasteiger partial charge in [0.1, 0.15) is 5.82 Å². The maximum atomic E-state index is 5.37. The molecule has 8 nitrogen and oxygen atoms in total. The topological polar surface area (TPSA) is 78.4 Å². The molecular weight excluding hydrogens is 438 g/mol. The minimum Gasteiger partial charge on any atom is -0.382 e. The molecule has 4 heterocycles. The van der Waals surface area contributed by atoms with Crippen molar-refractivity contribution in [2.75, 3.05) is 55.4 Å². The zero-order valence-electron chi connectivity index (χ0n) is 20.9. The van der Waals surface area contributed by atoms with Gasteiger partial charge in [-0.2, -0.15) is 0 Å². The number of benzene rings is 1. The fourth-order valence-electron chi connectivity index (χ4n) is 5.11. The first-order chi connectivity index (χ1) is 17.1. The summed E-state index contributed by atoms with van der Waals surface area (Å²) in [6.45, 7) is 8.83. The largest absolute Gasteiger partial charge is 0.382 e. The molecule has 0 radical (unpaired) electrons. The summed E-state index contributed by atoms with van der Waals surface area (Å²) in [5.41, 5.74) is 5.40. The first-order valence-electron chi connectivity index (χ1n) is 12.6. The number of ether oxygens (including phenoxy) is 1. The van der Waals surface area contributed by atoms with Gasteiger partial charge in [0.2, 0.25) is 5.95 Å². The van der Waals surface area contributed by atoms with Crippen LogP contribution in [0.25, 0.3) is 11.3 Å². The fourth-order valence-corrected chi connectivity index (χ4v) is 5.11. The third-order valence-corrected chi connectivity index (χ3v) is 6.97. The second-order valence-electron chi connectivity index (χ2n) is 9.44. The molecule has 2 saturated heterocycles. The molecule has 2 aliphatic heterocycles. The molecule has 2 atom stereocenters. The molecule has 0 amide bonds. The van der Waals surface area contributed by atoms with E-state index in [1.807, 2.05) is 31.3 Å². The molecule has 8 heteroatoms. The summed E-state index contributed by atoms with van der Waals surface area (Å²) >= 11 is 0. The summed E-state index contributed by atoms with van der Waals surface area (Å²) < 4.78 is 5.37. The number of hydrogen-bond acceptors (Lipinski definition) is 8. The Bertz CT molecular complexity index is 1130. The van der Waals surface area contributed by atoms with Gasteiger partial charge in [0, 0.05) is 74.3 Å². The van der Waals surface area contributed by atoms with Gasteiger partial charge >= 0.3 is 0 Å². The molecule has 0 spiro atoms. The Morgan fingerprint density at radius 1 is 1.09 bits per heavy atom. The van der Waals surface area contributed by atoms with Crippen molar-refractivity contribution in [2.45, 2.75) is 38.8 Å². The summed E-state index contributed by atoms with van der Waals surface area (Å²) in [5, 5.41) is 6.70. The average Bonchev–Trinajstić information content (AvgIpc) is 3.44. The fraction of sp³-hybridized carbons (Fsp3) is 0.444. The van der Waals surface area contributed by atoms with E-state index in [0.29, 0.717) is 18.0 Å². The molecule has 2 aliphatic rings. The molecule has 2 bridgehead atoms. The highest BCUT2D eigenvalue weighted by Crippen LogP contribution is 2.36. The molecule has 2 N–H and O–H groups in total. The lowest BCUT2D eigenvalue weighted by Crippen LogP contribution is -2.44. The van der Waals surface area contributed by atoms with Crippen LogP contribution in [0.2, 0.25) is 0 Å². The highest BCUT2D eigenvalue weighted by Gasteiger charge is 2.41. The van der Waals surface area contributed by atoms with E-state index in [4.69, 9.17) is 9.72 Å². The van der Waals surface area contributed by atoms with Crippen molar-refractivity contribution >= 4 is 23.1 Å². The van der Waals surface area contributed by atoms with E-state index in [9.17, 15) is 0 Å². The lowest BCUT2D eigenvalue weighted by molar-refractivity contribution is 0.147. The molecule has 184 valence electrons. The maximum Gasteiger partial charge on any atom is 0.227 e. The van der Waals surface area contributed by atoms with Crippen molar-refractivity contribution in [1.82, 2.24) is 19.9 Å². The number of likely N-dealkylation sites (tertiary alicyclic amines) is 1. The van der Waals surface area contributed by atoms with E-state index in [1.165, 1.54) is 17.7 Å². The number of anilines is 4. The molecule has 3 aromatic rings. The van der Waals surface area contributed by atoms with Crippen molar-refractivity contribution in [3.63, 3.8) is 0 Å². The first-order valence-corrected chi connectivity index (χ1v) is 12.6. The summed E-state index contributed by atoms with van der Waals surface area (Å²) in [4.78, 5) is 18.7. The van der Waals surface area contributed by atoms with Crippen molar-refractivity contribution in [3.05, 3.63) is 54.4 Å². The molecule has 0 aliphatic carbocycles. The molecule has 0 saturated carbocycles. The molecule has 35 heavy (non-hydrogen) atoms. The Labute approximate surface area is 207 Å². The number of aromatic nitrogens is 3. The lowest BCUT2D eigenvalue weighted by atomic mass is 10.1. The number of aryl methyl sites for hydroxylation is 1. The standard InChI is InChI=1S/C27H35N7O/c1-4-35-13-5-11-28-26-9-6-20(16-30-26)24-10-12-29-27(32-24)31-21-7-8-25(19(2)14-21)34-18-22-15-23(34)17-33(22)3/h6-10,12,14,16,22-23H,4-5,11,13,15,17-18H2,1-3H3,(H,28,30)(H,29,31,32). The molecule has 5 rings (SSSR count). The van der Waals surface area contributed by atoms with E-state index in [-0.39, 0.29) is 0 Å². The maximum absolute atomic E-state index is 5.37. The molecule has 1 aromatic carbocycles. The van der Waals surface area contributed by atoms with Crippen molar-refractivity contribution in [2.24, 2.45) is 0 Å². The number of hydrogen-bond donors (Lipinski definition) is 2. The third kappa shape index (κ3) is 5.39. The second-order valence-corrected chi connectivity index (χ2v) is 9.44. The Morgan fingerprint density at radius 3 is 2.71 bits per heavy atom. The molecular formula is C27H35N7O. The van der Waals surface area contributed by atoms with Crippen LogP contribution in [-0.4, -0.2) is 71.8 Å². The van der Waals surface area contributed by atoms with Gasteiger partial charge in [-0.25, -0.2) is 15.0 Å². The van der Waals surface area contributed by atoms with Gasteiger partial charge < -0.3 is 20.3 Å². The number of likely N-dealkylation sites (N-methyl/N-ethyl adjacent to an activating group) is 1. The monoisotopic (exact) mass is 473 g/mol. The predicted molar refractivity (Wildman–Crippen MR) is 141 cm³/mol. The van der Waals surface area contributed by atoms with Crippen LogP contribution in [0, 0.1) is 6.92 Å². The number of nitrogens with one attached hydrogen (secondary N) is 2. The van der Waals surface area contributed by atoms with Gasteiger partial charge in [-0.15, -0.1) is 0 Å². The highest BCUT2D eigenvalue weighted by atomic mass is 16.5. The lowest BCUT2D eigenvalue weighted by Gasteiger charge is -2.34. The Morgan fingerprint density at radius 2 is 2.00 bits per heavy atom. The van der Waals surface area contributed by atoms with Gasteiger partial charge in [0.15, 0.2) is 0 Å². The van der Waals surface area contributed by atoms with Crippen molar-refractivity contribution < 1.29 is 4.74 Å². The zero-order valence-corrected chi connectivity index (χ0v) is 20.9. The molecule has 2 unspecified atom stereocenters. The zero-order chi connectivity index (χ0) is 24.2. The van der Waals surface area contributed by atoms with E-state index >= 15 is 0 Å². The predicted octanol–water partition coefficient (Wildman–Crippen LogP) is 4.32. The molecule has 2 fully saturated rings. The Hall–Kier alpha value is -3.23. The van der Waals surface area contributed by atoms with Gasteiger partial charge in [0.25, 0.3) is 0 Å². The quantitative estimate of drug-likeness (QED) is 0.422. The second kappa shape index (κ2) is 10.6. The van der Waals surface area contributed by atoms with Crippen LogP contribution in [0.5, 0.6) is 0 Å². The van der Waals surface area contributed by atoms with Gasteiger partial charge in [0.05, 0.1) is 5.69 Å². The number of rotatable bonds is 10.